The largest absolute Gasteiger partial charge is 0.454 e. The first-order valence-corrected chi connectivity index (χ1v) is 15.1. The maximum atomic E-state index is 12.9. The summed E-state index contributed by atoms with van der Waals surface area (Å²) in [6, 6.07) is 19.7. The Bertz CT molecular complexity index is 1770. The van der Waals surface area contributed by atoms with Crippen LogP contribution >= 0.6 is 11.6 Å². The summed E-state index contributed by atoms with van der Waals surface area (Å²) in [5.41, 5.74) is 2.60. The summed E-state index contributed by atoms with van der Waals surface area (Å²) in [6.45, 7) is 0.377. The number of benzene rings is 3. The van der Waals surface area contributed by atoms with Crippen molar-refractivity contribution in [2.24, 2.45) is 0 Å². The summed E-state index contributed by atoms with van der Waals surface area (Å²) in [4.78, 5) is 49.1. The molecule has 0 radical (unpaired) electrons. The number of nitrogens with one attached hydrogen (secondary N) is 5. The predicted octanol–water partition coefficient (Wildman–Crippen LogP) is 5.10. The Morgan fingerprint density at radius 1 is 0.812 bits per heavy atom. The van der Waals surface area contributed by atoms with Gasteiger partial charge in [-0.1, -0.05) is 41.4 Å². The maximum absolute atomic E-state index is 12.9. The van der Waals surface area contributed by atoms with Gasteiger partial charge in [-0.2, -0.15) is 28.1 Å². The number of alkyl halides is 3. The Balaban J connectivity index is 1.16. The number of anilines is 4. The number of nitrogens with zero attached hydrogens (tertiary/aromatic N) is 3. The van der Waals surface area contributed by atoms with Crippen LogP contribution in [0.5, 0.6) is 6.01 Å². The number of rotatable bonds is 12. The first kappa shape index (κ1) is 33.9. The fourth-order valence-corrected chi connectivity index (χ4v) is 4.59. The molecule has 4 aromatic rings. The molecule has 16 heteroatoms. The van der Waals surface area contributed by atoms with E-state index in [2.05, 4.69) is 41.5 Å². The molecule has 1 aliphatic rings. The molecule has 3 aromatic carbocycles. The normalized spacial score (nSPS) is 13.2. The fourth-order valence-electron chi connectivity index (χ4n) is 4.47. The van der Waals surface area contributed by atoms with E-state index in [-0.39, 0.29) is 30.5 Å². The Morgan fingerprint density at radius 3 is 2.08 bits per heavy atom. The Morgan fingerprint density at radius 2 is 1.44 bits per heavy atom. The third kappa shape index (κ3) is 9.54. The Kier molecular flexibility index (Phi) is 10.3. The van der Waals surface area contributed by atoms with Gasteiger partial charge in [0.05, 0.1) is 5.54 Å². The number of amides is 3. The van der Waals surface area contributed by atoms with Crippen LogP contribution in [0.4, 0.5) is 36.4 Å². The van der Waals surface area contributed by atoms with Gasteiger partial charge in [-0.25, -0.2) is 0 Å². The minimum absolute atomic E-state index is 0.00726. The van der Waals surface area contributed by atoms with Crippen molar-refractivity contribution in [3.8, 4) is 6.01 Å². The highest BCUT2D eigenvalue weighted by Gasteiger charge is 2.45. The van der Waals surface area contributed by atoms with Crippen molar-refractivity contribution in [2.45, 2.75) is 31.5 Å². The molecule has 0 atom stereocenters. The van der Waals surface area contributed by atoms with Gasteiger partial charge in [0.2, 0.25) is 11.9 Å². The van der Waals surface area contributed by atoms with Crippen LogP contribution in [0.2, 0.25) is 5.02 Å². The second kappa shape index (κ2) is 14.5. The van der Waals surface area contributed by atoms with E-state index in [1.165, 1.54) is 12.1 Å². The van der Waals surface area contributed by atoms with Crippen molar-refractivity contribution < 1.29 is 32.3 Å². The van der Waals surface area contributed by atoms with Crippen molar-refractivity contribution in [3.05, 3.63) is 94.5 Å². The van der Waals surface area contributed by atoms with Crippen molar-refractivity contribution in [3.63, 3.8) is 0 Å². The van der Waals surface area contributed by atoms with Gasteiger partial charge in [-0.15, -0.1) is 0 Å². The number of hydrogen-bond donors (Lipinski definition) is 5. The molecule has 250 valence electrons. The number of hydrogen-bond acceptors (Lipinski definition) is 9. The second-order valence-electron chi connectivity index (χ2n) is 10.9. The quantitative estimate of drug-likeness (QED) is 0.101. The van der Waals surface area contributed by atoms with E-state index >= 15 is 0 Å². The van der Waals surface area contributed by atoms with E-state index in [0.717, 1.165) is 24.0 Å². The van der Waals surface area contributed by atoms with Crippen LogP contribution in [0.25, 0.3) is 0 Å². The first-order valence-electron chi connectivity index (χ1n) is 14.7. The molecule has 0 bridgehead atoms. The average Bonchev–Trinajstić information content (AvgIpc) is 3.83. The molecule has 5 N–H and O–H groups in total. The van der Waals surface area contributed by atoms with Gasteiger partial charge in [0, 0.05) is 35.1 Å². The number of aryl methyl sites for hydroxylation is 1. The Labute approximate surface area is 277 Å². The molecular formula is C32H30ClF3N8O4. The maximum Gasteiger partial charge on any atom is 0.422 e. The molecule has 0 aliphatic heterocycles. The minimum atomic E-state index is -4.60. The summed E-state index contributed by atoms with van der Waals surface area (Å²) >= 11 is 6.01. The topological polar surface area (TPSA) is 159 Å². The van der Waals surface area contributed by atoms with Crippen LogP contribution in [-0.2, 0) is 15.1 Å². The Hall–Kier alpha value is -5.44. The molecule has 1 heterocycles. The number of aromatic nitrogens is 3. The number of halogens is 4. The van der Waals surface area contributed by atoms with Crippen LogP contribution in [0.15, 0.2) is 72.8 Å². The lowest BCUT2D eigenvalue weighted by Crippen LogP contribution is -2.40. The lowest BCUT2D eigenvalue weighted by molar-refractivity contribution is -0.154. The zero-order valence-corrected chi connectivity index (χ0v) is 26.2. The summed E-state index contributed by atoms with van der Waals surface area (Å²) < 4.78 is 43.4. The summed E-state index contributed by atoms with van der Waals surface area (Å²) in [5, 5.41) is 14.2. The predicted molar refractivity (Wildman–Crippen MR) is 172 cm³/mol. The van der Waals surface area contributed by atoms with Crippen molar-refractivity contribution in [1.82, 2.24) is 25.6 Å². The molecule has 5 rings (SSSR count). The van der Waals surface area contributed by atoms with Crippen LogP contribution < -0.4 is 31.3 Å². The van der Waals surface area contributed by atoms with Crippen molar-refractivity contribution in [2.75, 3.05) is 35.6 Å². The third-order valence-corrected chi connectivity index (χ3v) is 7.34. The van der Waals surface area contributed by atoms with Crippen molar-refractivity contribution in [1.29, 1.82) is 0 Å². The molecule has 0 unspecified atom stereocenters. The minimum Gasteiger partial charge on any atom is -0.454 e. The summed E-state index contributed by atoms with van der Waals surface area (Å²) in [6.07, 6.45) is -3.13. The SMILES string of the molecule is Cc1ccc(NC(=O)C(=O)NCCNC(=O)c2ccc(Nc3nc(NC4(c5ccc(Cl)cc5)CC4)nc(OCC(F)(F)F)n3)cc2)cc1. The van der Waals surface area contributed by atoms with Gasteiger partial charge >= 0.3 is 24.0 Å². The molecule has 1 saturated carbocycles. The molecule has 1 aliphatic carbocycles. The van der Waals surface area contributed by atoms with E-state index < -0.39 is 42.1 Å². The van der Waals surface area contributed by atoms with E-state index in [9.17, 15) is 27.6 Å². The number of carbonyl (C=O) groups excluding carboxylic acids is 3. The van der Waals surface area contributed by atoms with E-state index in [4.69, 9.17) is 16.3 Å². The summed E-state index contributed by atoms with van der Waals surface area (Å²) in [5.74, 6) is -2.20. The lowest BCUT2D eigenvalue weighted by atomic mass is 10.1. The zero-order valence-electron chi connectivity index (χ0n) is 25.5. The molecule has 3 amide bonds. The zero-order chi connectivity index (χ0) is 34.3. The van der Waals surface area contributed by atoms with Crippen LogP contribution in [0.3, 0.4) is 0 Å². The van der Waals surface area contributed by atoms with Crippen molar-refractivity contribution >= 4 is 52.6 Å². The van der Waals surface area contributed by atoms with Gasteiger partial charge in [0.1, 0.15) is 0 Å². The van der Waals surface area contributed by atoms with Crippen LogP contribution in [0, 0.1) is 6.92 Å². The van der Waals surface area contributed by atoms with Gasteiger partial charge in [0.25, 0.3) is 5.91 Å². The van der Waals surface area contributed by atoms with E-state index in [1.54, 1.807) is 48.5 Å². The van der Waals surface area contributed by atoms with Crippen LogP contribution in [0.1, 0.15) is 34.3 Å². The van der Waals surface area contributed by atoms with E-state index in [1.807, 2.05) is 19.1 Å². The second-order valence-corrected chi connectivity index (χ2v) is 11.4. The monoisotopic (exact) mass is 682 g/mol. The average molecular weight is 683 g/mol. The smallest absolute Gasteiger partial charge is 0.422 e. The number of carbonyl (C=O) groups is 3. The molecule has 0 saturated heterocycles. The first-order chi connectivity index (χ1) is 22.9. The molecule has 12 nitrogen and oxygen atoms in total. The standard InChI is InChI=1S/C32H30ClF3N8O4/c1-19-2-10-23(11-3-19)39-27(47)26(46)38-17-16-37-25(45)20-4-12-24(13-5-20)40-28-41-29(43-30(42-28)48-18-32(34,35)36)44-31(14-15-31)21-6-8-22(33)9-7-21/h2-13H,14-18H2,1H3,(H,37,45)(H,38,46)(H,39,47)(H2,40,41,42,43,44). The van der Waals surface area contributed by atoms with E-state index in [0.29, 0.717) is 16.4 Å². The molecule has 48 heavy (non-hydrogen) atoms. The molecular weight excluding hydrogens is 653 g/mol. The van der Waals surface area contributed by atoms with Gasteiger partial charge < -0.3 is 31.3 Å². The lowest BCUT2D eigenvalue weighted by Gasteiger charge is -2.19. The molecule has 1 aromatic heterocycles. The molecule has 1 fully saturated rings. The highest BCUT2D eigenvalue weighted by atomic mass is 35.5. The number of ether oxygens (including phenoxy) is 1. The van der Waals surface area contributed by atoms with Gasteiger partial charge in [0.15, 0.2) is 6.61 Å². The highest BCUT2D eigenvalue weighted by molar-refractivity contribution is 6.39. The third-order valence-electron chi connectivity index (χ3n) is 7.09. The van der Waals surface area contributed by atoms with Gasteiger partial charge in [-0.3, -0.25) is 14.4 Å². The fraction of sp³-hybridized carbons (Fsp3) is 0.250. The highest BCUT2D eigenvalue weighted by Crippen LogP contribution is 2.48. The molecule has 0 spiro atoms. The van der Waals surface area contributed by atoms with Crippen LogP contribution in [-0.4, -0.2) is 58.5 Å². The van der Waals surface area contributed by atoms with Gasteiger partial charge in [-0.05, 0) is 73.9 Å². The summed E-state index contributed by atoms with van der Waals surface area (Å²) in [7, 11) is 0.